The third-order valence-electron chi connectivity index (χ3n) is 5.82. The van der Waals surface area contributed by atoms with Crippen LogP contribution in [0.3, 0.4) is 0 Å². The largest absolute Gasteiger partial charge is 0.334 e. The number of aryl methyl sites for hydroxylation is 1. The van der Waals surface area contributed by atoms with Crippen LogP contribution >= 0.6 is 0 Å². The van der Waals surface area contributed by atoms with E-state index in [1.54, 1.807) is 0 Å². The number of imidazole rings is 1. The molecule has 3 heteroatoms. The molecular formula is C16H25N3. The van der Waals surface area contributed by atoms with Gasteiger partial charge in [0.25, 0.3) is 0 Å². The first-order valence-electron chi connectivity index (χ1n) is 8.00. The summed E-state index contributed by atoms with van der Waals surface area (Å²) >= 11 is 0. The lowest BCUT2D eigenvalue weighted by molar-refractivity contribution is -0.0208. The minimum atomic E-state index is 0.470. The van der Waals surface area contributed by atoms with Crippen molar-refractivity contribution in [2.45, 2.75) is 64.1 Å². The van der Waals surface area contributed by atoms with Gasteiger partial charge in [-0.25, -0.2) is 4.98 Å². The maximum Gasteiger partial charge on any atom is 0.0948 e. The third kappa shape index (κ3) is 2.03. The molecule has 0 radical (unpaired) electrons. The average molecular weight is 259 g/mol. The van der Waals surface area contributed by atoms with Crippen molar-refractivity contribution in [1.82, 2.24) is 14.9 Å². The number of nitrogens with zero attached hydrogens (tertiary/aromatic N) is 2. The smallest absolute Gasteiger partial charge is 0.0948 e. The summed E-state index contributed by atoms with van der Waals surface area (Å²) in [5, 5.41) is 3.94. The molecule has 104 valence electrons. The van der Waals surface area contributed by atoms with Gasteiger partial charge in [0.05, 0.1) is 12.0 Å². The van der Waals surface area contributed by atoms with E-state index < -0.39 is 0 Å². The van der Waals surface area contributed by atoms with Crippen LogP contribution in [0, 0.1) is 17.8 Å². The summed E-state index contributed by atoms with van der Waals surface area (Å²) < 4.78 is 2.26. The van der Waals surface area contributed by atoms with Crippen LogP contribution < -0.4 is 5.32 Å². The molecule has 5 rings (SSSR count). The molecule has 1 aromatic rings. The fourth-order valence-corrected chi connectivity index (χ4v) is 5.39. The standard InChI is InChI=1S/C16H25N3/c1-2-19-11-17-9-15(19)10-18-16-6-12-3-13(7-16)5-14(4-12)8-16/h9,11-14,18H,2-8,10H2,1H3. The fraction of sp³-hybridized carbons (Fsp3) is 0.812. The quantitative estimate of drug-likeness (QED) is 0.901. The Balaban J connectivity index is 1.48. The predicted molar refractivity (Wildman–Crippen MR) is 75.6 cm³/mol. The van der Waals surface area contributed by atoms with Crippen LogP contribution in [-0.4, -0.2) is 15.1 Å². The Morgan fingerprint density at radius 2 is 1.84 bits per heavy atom. The summed E-state index contributed by atoms with van der Waals surface area (Å²) in [7, 11) is 0. The molecule has 0 amide bonds. The topological polar surface area (TPSA) is 29.9 Å². The van der Waals surface area contributed by atoms with Gasteiger partial charge in [0, 0.05) is 24.8 Å². The molecular weight excluding hydrogens is 234 g/mol. The Morgan fingerprint density at radius 3 is 2.42 bits per heavy atom. The zero-order chi connectivity index (χ0) is 12.9. The highest BCUT2D eigenvalue weighted by Gasteiger charge is 2.50. The summed E-state index contributed by atoms with van der Waals surface area (Å²) in [5.41, 5.74) is 1.82. The lowest BCUT2D eigenvalue weighted by Gasteiger charge is -2.57. The molecule has 19 heavy (non-hydrogen) atoms. The van der Waals surface area contributed by atoms with Gasteiger partial charge in [-0.1, -0.05) is 0 Å². The van der Waals surface area contributed by atoms with E-state index in [-0.39, 0.29) is 0 Å². The van der Waals surface area contributed by atoms with Crippen molar-refractivity contribution in [2.75, 3.05) is 0 Å². The van der Waals surface area contributed by atoms with E-state index in [1.807, 2.05) is 12.5 Å². The number of hydrogen-bond acceptors (Lipinski definition) is 2. The molecule has 0 spiro atoms. The van der Waals surface area contributed by atoms with Crippen LogP contribution in [0.4, 0.5) is 0 Å². The monoisotopic (exact) mass is 259 g/mol. The van der Waals surface area contributed by atoms with Crippen molar-refractivity contribution in [1.29, 1.82) is 0 Å². The predicted octanol–water partition coefficient (Wildman–Crippen LogP) is 2.96. The summed E-state index contributed by atoms with van der Waals surface area (Å²) in [5.74, 6) is 3.07. The van der Waals surface area contributed by atoms with Crippen LogP contribution in [0.1, 0.15) is 51.1 Å². The first-order chi connectivity index (χ1) is 9.26. The Morgan fingerprint density at radius 1 is 1.21 bits per heavy atom. The molecule has 3 nitrogen and oxygen atoms in total. The van der Waals surface area contributed by atoms with Crippen LogP contribution in [0.25, 0.3) is 0 Å². The Kier molecular flexibility index (Phi) is 2.73. The average Bonchev–Trinajstić information content (AvgIpc) is 2.82. The molecule has 1 heterocycles. The Hall–Kier alpha value is -0.830. The van der Waals surface area contributed by atoms with Gasteiger partial charge in [-0.05, 0) is 63.2 Å². The summed E-state index contributed by atoms with van der Waals surface area (Å²) in [4.78, 5) is 4.28. The zero-order valence-corrected chi connectivity index (χ0v) is 11.9. The van der Waals surface area contributed by atoms with E-state index in [0.29, 0.717) is 5.54 Å². The van der Waals surface area contributed by atoms with Gasteiger partial charge in [-0.3, -0.25) is 0 Å². The van der Waals surface area contributed by atoms with Crippen molar-refractivity contribution in [2.24, 2.45) is 17.8 Å². The molecule has 4 aliphatic carbocycles. The molecule has 0 saturated heterocycles. The summed E-state index contributed by atoms with van der Waals surface area (Å²) in [6.07, 6.45) is 12.8. The maximum absolute atomic E-state index is 4.28. The molecule has 4 saturated carbocycles. The first-order valence-corrected chi connectivity index (χ1v) is 8.00. The van der Waals surface area contributed by atoms with E-state index in [4.69, 9.17) is 0 Å². The van der Waals surface area contributed by atoms with Gasteiger partial charge >= 0.3 is 0 Å². The van der Waals surface area contributed by atoms with Gasteiger partial charge in [0.1, 0.15) is 0 Å². The normalized spacial score (nSPS) is 39.9. The van der Waals surface area contributed by atoms with Crippen LogP contribution in [0.2, 0.25) is 0 Å². The maximum atomic E-state index is 4.28. The second-order valence-electron chi connectivity index (χ2n) is 7.22. The summed E-state index contributed by atoms with van der Waals surface area (Å²) in [6.45, 7) is 4.22. The van der Waals surface area contributed by atoms with Crippen molar-refractivity contribution < 1.29 is 0 Å². The second-order valence-corrected chi connectivity index (χ2v) is 7.22. The van der Waals surface area contributed by atoms with Gasteiger partial charge in [0.15, 0.2) is 0 Å². The molecule has 1 aromatic heterocycles. The lowest BCUT2D eigenvalue weighted by atomic mass is 9.53. The Bertz CT molecular complexity index is 427. The minimum Gasteiger partial charge on any atom is -0.334 e. The highest BCUT2D eigenvalue weighted by molar-refractivity contribution is 5.08. The van der Waals surface area contributed by atoms with E-state index in [2.05, 4.69) is 21.8 Å². The number of hydrogen-bond donors (Lipinski definition) is 1. The van der Waals surface area contributed by atoms with Crippen LogP contribution in [-0.2, 0) is 13.1 Å². The van der Waals surface area contributed by atoms with Crippen molar-refractivity contribution in [3.63, 3.8) is 0 Å². The number of rotatable bonds is 4. The molecule has 0 unspecified atom stereocenters. The van der Waals surface area contributed by atoms with Gasteiger partial charge < -0.3 is 9.88 Å². The summed E-state index contributed by atoms with van der Waals surface area (Å²) in [6, 6.07) is 0. The molecule has 4 aliphatic rings. The SMILES string of the molecule is CCn1cncc1CNC12CC3CC(CC(C3)C1)C2. The molecule has 0 aliphatic heterocycles. The molecule has 1 N–H and O–H groups in total. The van der Waals surface area contributed by atoms with E-state index in [9.17, 15) is 0 Å². The van der Waals surface area contributed by atoms with Gasteiger partial charge in [-0.15, -0.1) is 0 Å². The highest BCUT2D eigenvalue weighted by atomic mass is 15.1. The van der Waals surface area contributed by atoms with Crippen molar-refractivity contribution in [3.8, 4) is 0 Å². The van der Waals surface area contributed by atoms with Gasteiger partial charge in [-0.2, -0.15) is 0 Å². The van der Waals surface area contributed by atoms with Gasteiger partial charge in [0.2, 0.25) is 0 Å². The first kappa shape index (κ1) is 12.0. The molecule has 4 fully saturated rings. The van der Waals surface area contributed by atoms with Crippen LogP contribution in [0.15, 0.2) is 12.5 Å². The third-order valence-corrected chi connectivity index (χ3v) is 5.82. The Labute approximate surface area is 115 Å². The van der Waals surface area contributed by atoms with E-state index >= 15 is 0 Å². The minimum absolute atomic E-state index is 0.470. The second kappa shape index (κ2) is 4.34. The zero-order valence-electron chi connectivity index (χ0n) is 11.9. The highest BCUT2D eigenvalue weighted by Crippen LogP contribution is 2.55. The molecule has 0 atom stereocenters. The number of aromatic nitrogens is 2. The number of nitrogens with one attached hydrogen (secondary N) is 1. The van der Waals surface area contributed by atoms with Crippen LogP contribution in [0.5, 0.6) is 0 Å². The fourth-order valence-electron chi connectivity index (χ4n) is 5.39. The van der Waals surface area contributed by atoms with Crippen molar-refractivity contribution >= 4 is 0 Å². The molecule has 4 bridgehead atoms. The molecule has 0 aromatic carbocycles. The lowest BCUT2D eigenvalue weighted by Crippen LogP contribution is -2.58. The van der Waals surface area contributed by atoms with E-state index in [1.165, 1.54) is 44.2 Å². The van der Waals surface area contributed by atoms with Crippen molar-refractivity contribution in [3.05, 3.63) is 18.2 Å². The van der Waals surface area contributed by atoms with E-state index in [0.717, 1.165) is 30.8 Å².